The fraction of sp³-hybridized carbons (Fsp3) is 0.583. The van der Waals surface area contributed by atoms with Gasteiger partial charge >= 0.3 is 0 Å². The minimum atomic E-state index is 0.592. The number of pyridine rings is 1. The molecule has 2 bridgehead atoms. The van der Waals surface area contributed by atoms with E-state index in [1.165, 1.54) is 25.7 Å². The van der Waals surface area contributed by atoms with E-state index in [0.29, 0.717) is 6.04 Å². The standard InChI is InChI=1S/C12H16BrN3/c13-9-5-10(14)12(15-6-9)16-11-4-7-1-2-8(11)3-7/h5-8,11H,1-4,14H2,(H,15,16). The van der Waals surface area contributed by atoms with Crippen LogP contribution >= 0.6 is 15.9 Å². The first-order chi connectivity index (χ1) is 7.72. The van der Waals surface area contributed by atoms with Gasteiger partial charge in [-0.2, -0.15) is 0 Å². The summed E-state index contributed by atoms with van der Waals surface area (Å²) in [5, 5.41) is 3.51. The lowest BCUT2D eigenvalue weighted by Gasteiger charge is -2.24. The Morgan fingerprint density at radius 2 is 2.25 bits per heavy atom. The number of rotatable bonds is 2. The molecule has 3 N–H and O–H groups in total. The van der Waals surface area contributed by atoms with Gasteiger partial charge in [0.05, 0.1) is 5.69 Å². The van der Waals surface area contributed by atoms with Gasteiger partial charge in [-0.3, -0.25) is 0 Å². The minimum Gasteiger partial charge on any atom is -0.396 e. The summed E-state index contributed by atoms with van der Waals surface area (Å²) >= 11 is 3.37. The molecule has 3 atom stereocenters. The molecule has 86 valence electrons. The van der Waals surface area contributed by atoms with Gasteiger partial charge < -0.3 is 11.1 Å². The maximum absolute atomic E-state index is 5.94. The van der Waals surface area contributed by atoms with Crippen LogP contribution in [0.2, 0.25) is 0 Å². The summed E-state index contributed by atoms with van der Waals surface area (Å²) in [4.78, 5) is 4.34. The van der Waals surface area contributed by atoms with E-state index in [4.69, 9.17) is 5.73 Å². The lowest BCUT2D eigenvalue weighted by Crippen LogP contribution is -2.26. The van der Waals surface area contributed by atoms with Gasteiger partial charge in [-0.1, -0.05) is 6.42 Å². The molecule has 1 aromatic rings. The largest absolute Gasteiger partial charge is 0.396 e. The van der Waals surface area contributed by atoms with Crippen LogP contribution in [0.3, 0.4) is 0 Å². The molecule has 0 amide bonds. The molecule has 16 heavy (non-hydrogen) atoms. The highest BCUT2D eigenvalue weighted by atomic mass is 79.9. The predicted octanol–water partition coefficient (Wildman–Crippen LogP) is 3.03. The van der Waals surface area contributed by atoms with Gasteiger partial charge in [0, 0.05) is 16.7 Å². The van der Waals surface area contributed by atoms with E-state index < -0.39 is 0 Å². The molecule has 3 nitrogen and oxygen atoms in total. The molecule has 3 rings (SSSR count). The number of nitrogens with two attached hydrogens (primary N) is 1. The number of hydrogen-bond donors (Lipinski definition) is 2. The van der Waals surface area contributed by atoms with Crippen molar-refractivity contribution in [2.75, 3.05) is 11.1 Å². The van der Waals surface area contributed by atoms with Gasteiger partial charge in [0.1, 0.15) is 5.82 Å². The zero-order valence-electron chi connectivity index (χ0n) is 9.12. The van der Waals surface area contributed by atoms with Crippen molar-refractivity contribution in [2.24, 2.45) is 11.8 Å². The van der Waals surface area contributed by atoms with Crippen LogP contribution in [0, 0.1) is 11.8 Å². The summed E-state index contributed by atoms with van der Waals surface area (Å²) in [5.41, 5.74) is 6.68. The zero-order chi connectivity index (χ0) is 11.1. The lowest BCUT2D eigenvalue weighted by molar-refractivity contribution is 0.439. The third-order valence-electron chi connectivity index (χ3n) is 3.94. The Kier molecular flexibility index (Phi) is 2.54. The first kappa shape index (κ1) is 10.4. The molecular weight excluding hydrogens is 266 g/mol. The Labute approximate surface area is 104 Å². The molecule has 0 saturated heterocycles. The van der Waals surface area contributed by atoms with Gasteiger partial charge in [0.15, 0.2) is 0 Å². The maximum Gasteiger partial charge on any atom is 0.149 e. The minimum absolute atomic E-state index is 0.592. The molecule has 2 aliphatic carbocycles. The highest BCUT2D eigenvalue weighted by molar-refractivity contribution is 9.10. The van der Waals surface area contributed by atoms with Crippen molar-refractivity contribution in [1.82, 2.24) is 4.98 Å². The number of nitrogens with one attached hydrogen (secondary N) is 1. The molecule has 4 heteroatoms. The van der Waals surface area contributed by atoms with Crippen LogP contribution in [0.4, 0.5) is 11.5 Å². The maximum atomic E-state index is 5.94. The lowest BCUT2D eigenvalue weighted by atomic mass is 9.95. The number of fused-ring (bicyclic) bond motifs is 2. The van der Waals surface area contributed by atoms with Crippen LogP contribution < -0.4 is 11.1 Å². The van der Waals surface area contributed by atoms with Crippen molar-refractivity contribution < 1.29 is 0 Å². The third-order valence-corrected chi connectivity index (χ3v) is 4.38. The Morgan fingerprint density at radius 1 is 1.38 bits per heavy atom. The zero-order valence-corrected chi connectivity index (χ0v) is 10.7. The van der Waals surface area contributed by atoms with E-state index in [0.717, 1.165) is 27.8 Å². The Hall–Kier alpha value is -0.770. The van der Waals surface area contributed by atoms with Gasteiger partial charge in [-0.05, 0) is 53.1 Å². The first-order valence-electron chi connectivity index (χ1n) is 5.90. The average molecular weight is 282 g/mol. The summed E-state index contributed by atoms with van der Waals surface area (Å²) in [6.45, 7) is 0. The van der Waals surface area contributed by atoms with E-state index in [-0.39, 0.29) is 0 Å². The van der Waals surface area contributed by atoms with Gasteiger partial charge in [-0.25, -0.2) is 4.98 Å². The van der Waals surface area contributed by atoms with Crippen molar-refractivity contribution in [2.45, 2.75) is 31.7 Å². The number of hydrogen-bond acceptors (Lipinski definition) is 3. The fourth-order valence-electron chi connectivity index (χ4n) is 3.17. The van der Waals surface area contributed by atoms with Crippen LogP contribution in [0.25, 0.3) is 0 Å². The van der Waals surface area contributed by atoms with Crippen LogP contribution in [-0.2, 0) is 0 Å². The molecule has 1 heterocycles. The number of anilines is 2. The van der Waals surface area contributed by atoms with Crippen molar-refractivity contribution in [3.05, 3.63) is 16.7 Å². The molecule has 0 aliphatic heterocycles. The third kappa shape index (κ3) is 1.79. The van der Waals surface area contributed by atoms with E-state index in [1.54, 1.807) is 6.20 Å². The summed E-state index contributed by atoms with van der Waals surface area (Å²) < 4.78 is 0.934. The van der Waals surface area contributed by atoms with Crippen molar-refractivity contribution in [3.63, 3.8) is 0 Å². The molecule has 0 aromatic carbocycles. The normalized spacial score (nSPS) is 31.9. The van der Waals surface area contributed by atoms with E-state index in [9.17, 15) is 0 Å². The molecular formula is C12H16BrN3. The van der Waals surface area contributed by atoms with Crippen LogP contribution in [0.15, 0.2) is 16.7 Å². The Bertz CT molecular complexity index is 407. The number of nitrogen functional groups attached to an aromatic ring is 1. The summed E-state index contributed by atoms with van der Waals surface area (Å²) in [6.07, 6.45) is 7.28. The van der Waals surface area contributed by atoms with Crippen molar-refractivity contribution in [1.29, 1.82) is 0 Å². The molecule has 0 spiro atoms. The van der Waals surface area contributed by atoms with Crippen molar-refractivity contribution >= 4 is 27.4 Å². The van der Waals surface area contributed by atoms with Crippen LogP contribution in [0.5, 0.6) is 0 Å². The van der Waals surface area contributed by atoms with E-state index in [1.807, 2.05) is 6.07 Å². The van der Waals surface area contributed by atoms with Gasteiger partial charge in [0.2, 0.25) is 0 Å². The smallest absolute Gasteiger partial charge is 0.149 e. The van der Waals surface area contributed by atoms with Crippen molar-refractivity contribution in [3.8, 4) is 0 Å². The SMILES string of the molecule is Nc1cc(Br)cnc1NC1CC2CCC1C2. The number of nitrogens with zero attached hydrogens (tertiary/aromatic N) is 1. The second kappa shape index (κ2) is 3.91. The van der Waals surface area contributed by atoms with Gasteiger partial charge in [0.25, 0.3) is 0 Å². The second-order valence-corrected chi connectivity index (χ2v) is 5.93. The molecule has 2 aliphatic rings. The number of halogens is 1. The topological polar surface area (TPSA) is 50.9 Å². The molecule has 1 aromatic heterocycles. The average Bonchev–Trinajstić information content (AvgIpc) is 2.84. The Morgan fingerprint density at radius 3 is 2.88 bits per heavy atom. The molecule has 2 fully saturated rings. The van der Waals surface area contributed by atoms with Crippen LogP contribution in [-0.4, -0.2) is 11.0 Å². The molecule has 2 saturated carbocycles. The van der Waals surface area contributed by atoms with Gasteiger partial charge in [-0.15, -0.1) is 0 Å². The first-order valence-corrected chi connectivity index (χ1v) is 6.69. The quantitative estimate of drug-likeness (QED) is 0.876. The molecule has 3 unspecified atom stereocenters. The van der Waals surface area contributed by atoms with E-state index >= 15 is 0 Å². The predicted molar refractivity (Wildman–Crippen MR) is 69.2 cm³/mol. The fourth-order valence-corrected chi connectivity index (χ4v) is 3.52. The van der Waals surface area contributed by atoms with E-state index in [2.05, 4.69) is 26.2 Å². The number of aromatic nitrogens is 1. The molecule has 0 radical (unpaired) electrons. The summed E-state index contributed by atoms with van der Waals surface area (Å²) in [7, 11) is 0. The monoisotopic (exact) mass is 281 g/mol. The summed E-state index contributed by atoms with van der Waals surface area (Å²) in [6, 6.07) is 2.50. The highest BCUT2D eigenvalue weighted by Gasteiger charge is 2.39. The Balaban J connectivity index is 1.74. The highest BCUT2D eigenvalue weighted by Crippen LogP contribution is 2.45. The second-order valence-electron chi connectivity index (χ2n) is 5.02. The van der Waals surface area contributed by atoms with Crippen LogP contribution in [0.1, 0.15) is 25.7 Å². The summed E-state index contributed by atoms with van der Waals surface area (Å²) in [5.74, 6) is 2.63.